The van der Waals surface area contributed by atoms with Crippen LogP contribution in [0.15, 0.2) is 45.5 Å². The highest BCUT2D eigenvalue weighted by Crippen LogP contribution is 2.38. The van der Waals surface area contributed by atoms with Crippen molar-refractivity contribution in [1.29, 1.82) is 0 Å². The van der Waals surface area contributed by atoms with Crippen LogP contribution in [0.4, 0.5) is 5.69 Å². The molecular weight excluding hydrogens is 390 g/mol. The van der Waals surface area contributed by atoms with E-state index in [-0.39, 0.29) is 17.9 Å². The lowest BCUT2D eigenvalue weighted by Crippen LogP contribution is -2.62. The Morgan fingerprint density at radius 1 is 1.14 bits per heavy atom. The second-order valence-electron chi connectivity index (χ2n) is 7.51. The van der Waals surface area contributed by atoms with Crippen molar-refractivity contribution < 1.29 is 9.59 Å². The molecule has 2 N–H and O–H groups in total. The third-order valence-corrected chi connectivity index (χ3v) is 7.98. The maximum absolute atomic E-state index is 12.8. The van der Waals surface area contributed by atoms with Crippen molar-refractivity contribution in [3.63, 3.8) is 0 Å². The summed E-state index contributed by atoms with van der Waals surface area (Å²) in [5.74, 6) is 0.533. The Morgan fingerprint density at radius 3 is 2.61 bits per heavy atom. The lowest BCUT2D eigenvalue weighted by Gasteiger charge is -2.49. The fraction of sp³-hybridized carbons (Fsp3) is 0.429. The van der Waals surface area contributed by atoms with Crippen LogP contribution in [0.5, 0.6) is 0 Å². The molecule has 148 valence electrons. The number of fused-ring (bicyclic) bond motifs is 3. The summed E-state index contributed by atoms with van der Waals surface area (Å²) >= 11 is 3.07. The molecule has 4 heterocycles. The molecule has 0 saturated carbocycles. The number of piperidine rings is 3. The summed E-state index contributed by atoms with van der Waals surface area (Å²) in [6.07, 6.45) is 2.36. The molecule has 3 saturated heterocycles. The fourth-order valence-electron chi connectivity index (χ4n) is 4.22. The first-order valence-corrected chi connectivity index (χ1v) is 11.3. The van der Waals surface area contributed by atoms with Crippen LogP contribution in [0, 0.1) is 5.92 Å². The van der Waals surface area contributed by atoms with Gasteiger partial charge in [-0.3, -0.25) is 14.5 Å². The first-order chi connectivity index (χ1) is 13.5. The van der Waals surface area contributed by atoms with E-state index in [2.05, 4.69) is 22.5 Å². The minimum Gasteiger partial charge on any atom is -0.347 e. The van der Waals surface area contributed by atoms with E-state index < -0.39 is 0 Å². The Balaban J connectivity index is 1.43. The normalized spacial score (nSPS) is 26.1. The van der Waals surface area contributed by atoms with Crippen molar-refractivity contribution in [3.8, 4) is 0 Å². The SMILES string of the molecule is CC(=O)Nc1ccccc1Sc1ccc(C(=O)N[C@@H]2C3CCN(CC3)[C@H]2C)s1. The van der Waals surface area contributed by atoms with Gasteiger partial charge in [-0.05, 0) is 63.0 Å². The molecule has 2 atom stereocenters. The van der Waals surface area contributed by atoms with Crippen molar-refractivity contribution in [2.75, 3.05) is 18.4 Å². The van der Waals surface area contributed by atoms with Crippen LogP contribution in [0.25, 0.3) is 0 Å². The van der Waals surface area contributed by atoms with Crippen molar-refractivity contribution in [3.05, 3.63) is 41.3 Å². The Labute approximate surface area is 173 Å². The number of carbonyl (C=O) groups is 2. The molecular formula is C21H25N3O2S2. The summed E-state index contributed by atoms with van der Waals surface area (Å²) in [5.41, 5.74) is 0.792. The molecule has 5 nitrogen and oxygen atoms in total. The molecule has 0 aliphatic carbocycles. The molecule has 1 aromatic carbocycles. The number of hydrogen-bond acceptors (Lipinski definition) is 5. The topological polar surface area (TPSA) is 61.4 Å². The van der Waals surface area contributed by atoms with E-state index in [1.807, 2.05) is 36.4 Å². The number of para-hydroxylation sites is 1. The first-order valence-electron chi connectivity index (χ1n) is 9.70. The molecule has 0 unspecified atom stereocenters. The van der Waals surface area contributed by atoms with Gasteiger partial charge in [0.2, 0.25) is 5.91 Å². The molecule has 3 fully saturated rings. The lowest BCUT2D eigenvalue weighted by molar-refractivity contribution is -0.114. The van der Waals surface area contributed by atoms with E-state index in [9.17, 15) is 9.59 Å². The number of anilines is 1. The van der Waals surface area contributed by atoms with Gasteiger partial charge in [0.1, 0.15) is 0 Å². The van der Waals surface area contributed by atoms with E-state index in [1.54, 1.807) is 11.8 Å². The monoisotopic (exact) mass is 415 g/mol. The highest BCUT2D eigenvalue weighted by atomic mass is 32.2. The number of nitrogens with zero attached hydrogens (tertiary/aromatic N) is 1. The van der Waals surface area contributed by atoms with Crippen molar-refractivity contribution in [2.24, 2.45) is 5.92 Å². The zero-order valence-corrected chi connectivity index (χ0v) is 17.7. The number of rotatable bonds is 5. The quantitative estimate of drug-likeness (QED) is 0.773. The predicted molar refractivity (Wildman–Crippen MR) is 114 cm³/mol. The molecule has 2 amide bonds. The van der Waals surface area contributed by atoms with Gasteiger partial charge in [-0.2, -0.15) is 0 Å². The van der Waals surface area contributed by atoms with E-state index in [0.29, 0.717) is 12.0 Å². The number of nitrogens with one attached hydrogen (secondary N) is 2. The predicted octanol–water partition coefficient (Wildman–Crippen LogP) is 4.07. The van der Waals surface area contributed by atoms with E-state index in [0.717, 1.165) is 32.8 Å². The summed E-state index contributed by atoms with van der Waals surface area (Å²) in [5, 5.41) is 6.15. The summed E-state index contributed by atoms with van der Waals surface area (Å²) in [7, 11) is 0. The van der Waals surface area contributed by atoms with Gasteiger partial charge in [-0.1, -0.05) is 23.9 Å². The van der Waals surface area contributed by atoms with Crippen LogP contribution >= 0.6 is 23.1 Å². The largest absolute Gasteiger partial charge is 0.347 e. The van der Waals surface area contributed by atoms with Crippen LogP contribution in [-0.2, 0) is 4.79 Å². The standard InChI is InChI=1S/C21H25N3O2S2/c1-13-20(15-9-11-24(13)12-10-15)23-21(26)18-7-8-19(28-18)27-17-6-4-3-5-16(17)22-14(2)25/h3-8,13,15,20H,9-12H2,1-2H3,(H,22,25)(H,23,26)/t13-,20-/m0/s1. The Morgan fingerprint density at radius 2 is 1.89 bits per heavy atom. The van der Waals surface area contributed by atoms with Gasteiger partial charge >= 0.3 is 0 Å². The lowest BCUT2D eigenvalue weighted by atomic mass is 9.79. The van der Waals surface area contributed by atoms with Crippen LogP contribution in [0.3, 0.4) is 0 Å². The van der Waals surface area contributed by atoms with Crippen LogP contribution in [-0.4, -0.2) is 41.9 Å². The summed E-state index contributed by atoms with van der Waals surface area (Å²) < 4.78 is 1.03. The summed E-state index contributed by atoms with van der Waals surface area (Å²) in [6.45, 7) is 6.05. The third kappa shape index (κ3) is 4.11. The number of carbonyl (C=O) groups excluding carboxylic acids is 2. The molecule has 1 aromatic heterocycles. The van der Waals surface area contributed by atoms with Gasteiger partial charge in [0, 0.05) is 23.9 Å². The van der Waals surface area contributed by atoms with Crippen LogP contribution < -0.4 is 10.6 Å². The highest BCUT2D eigenvalue weighted by Gasteiger charge is 2.40. The smallest absolute Gasteiger partial charge is 0.261 e. The second kappa shape index (κ2) is 8.27. The molecule has 0 spiro atoms. The van der Waals surface area contributed by atoms with Gasteiger partial charge < -0.3 is 10.6 Å². The molecule has 5 rings (SSSR count). The van der Waals surface area contributed by atoms with E-state index in [4.69, 9.17) is 0 Å². The summed E-state index contributed by atoms with van der Waals surface area (Å²) in [6, 6.07) is 12.2. The Bertz CT molecular complexity index is 872. The maximum atomic E-state index is 12.8. The molecule has 2 aromatic rings. The number of thiophene rings is 1. The number of hydrogen-bond donors (Lipinski definition) is 2. The van der Waals surface area contributed by atoms with E-state index >= 15 is 0 Å². The fourth-order valence-corrected chi connectivity index (χ4v) is 6.30. The number of amides is 2. The first kappa shape index (κ1) is 19.5. The Kier molecular flexibility index (Phi) is 5.75. The van der Waals surface area contributed by atoms with Gasteiger partial charge in [0.15, 0.2) is 0 Å². The molecule has 0 radical (unpaired) electrons. The van der Waals surface area contributed by atoms with Gasteiger partial charge in [-0.15, -0.1) is 11.3 Å². The van der Waals surface area contributed by atoms with Crippen LogP contribution in [0.1, 0.15) is 36.4 Å². The second-order valence-corrected chi connectivity index (χ2v) is 9.94. The Hall–Kier alpha value is -1.83. The molecule has 7 heteroatoms. The molecule has 2 bridgehead atoms. The zero-order chi connectivity index (χ0) is 19.7. The van der Waals surface area contributed by atoms with Gasteiger partial charge in [0.05, 0.1) is 14.8 Å². The van der Waals surface area contributed by atoms with Crippen molar-refractivity contribution in [2.45, 2.75) is 47.9 Å². The van der Waals surface area contributed by atoms with Crippen molar-refractivity contribution in [1.82, 2.24) is 10.2 Å². The summed E-state index contributed by atoms with van der Waals surface area (Å²) in [4.78, 5) is 28.4. The van der Waals surface area contributed by atoms with Crippen LogP contribution in [0.2, 0.25) is 0 Å². The number of benzene rings is 1. The average Bonchev–Trinajstić information content (AvgIpc) is 3.15. The molecule has 28 heavy (non-hydrogen) atoms. The van der Waals surface area contributed by atoms with Crippen molar-refractivity contribution >= 4 is 40.6 Å². The molecule has 3 aliphatic heterocycles. The third-order valence-electron chi connectivity index (χ3n) is 5.69. The van der Waals surface area contributed by atoms with Gasteiger partial charge in [0.25, 0.3) is 5.91 Å². The van der Waals surface area contributed by atoms with E-state index in [1.165, 1.54) is 31.1 Å². The average molecular weight is 416 g/mol. The zero-order valence-electron chi connectivity index (χ0n) is 16.1. The maximum Gasteiger partial charge on any atom is 0.261 e. The minimum atomic E-state index is -0.0917. The minimum absolute atomic E-state index is 0.0256. The molecule has 3 aliphatic rings. The highest BCUT2D eigenvalue weighted by molar-refractivity contribution is 8.01. The van der Waals surface area contributed by atoms with Gasteiger partial charge in [-0.25, -0.2) is 0 Å².